The first-order valence-electron chi connectivity index (χ1n) is 12.6. The minimum Gasteiger partial charge on any atom is -0.494 e. The smallest absolute Gasteiger partial charge is 0.307 e. The first-order chi connectivity index (χ1) is 17.7. The summed E-state index contributed by atoms with van der Waals surface area (Å²) in [6, 6.07) is 18.5. The SMILES string of the molecule is C=S(C)(=O)CCCOc1cc(C)c2c(c1)COc1ccc(CNc3ccc([C@H]4C[C@@H]4C(=O)O)cc3)cc1-2. The molecule has 7 heteroatoms. The van der Waals surface area contributed by atoms with Crippen molar-refractivity contribution in [1.82, 2.24) is 0 Å². The van der Waals surface area contributed by atoms with E-state index in [1.54, 1.807) is 6.26 Å². The van der Waals surface area contributed by atoms with Gasteiger partial charge in [0.15, 0.2) is 0 Å². The van der Waals surface area contributed by atoms with Crippen molar-refractivity contribution in [1.29, 1.82) is 0 Å². The third kappa shape index (κ3) is 5.93. The fourth-order valence-electron chi connectivity index (χ4n) is 5.01. The molecule has 0 aromatic heterocycles. The number of aryl methyl sites for hydroxylation is 1. The maximum absolute atomic E-state index is 11.8. The van der Waals surface area contributed by atoms with Crippen molar-refractivity contribution in [2.45, 2.75) is 38.8 Å². The molecule has 3 aromatic rings. The summed E-state index contributed by atoms with van der Waals surface area (Å²) in [6.45, 7) is 3.76. The molecule has 1 heterocycles. The number of carbonyl (C=O) groups is 1. The van der Waals surface area contributed by atoms with Gasteiger partial charge in [-0.15, -0.1) is 0 Å². The van der Waals surface area contributed by atoms with Crippen molar-refractivity contribution < 1.29 is 23.6 Å². The van der Waals surface area contributed by atoms with E-state index in [2.05, 4.69) is 36.3 Å². The summed E-state index contributed by atoms with van der Waals surface area (Å²) in [5, 5.41) is 12.6. The van der Waals surface area contributed by atoms with Crippen LogP contribution in [0.5, 0.6) is 11.5 Å². The first-order valence-corrected chi connectivity index (χ1v) is 14.9. The van der Waals surface area contributed by atoms with E-state index in [9.17, 15) is 9.00 Å². The molecule has 0 amide bonds. The topological polar surface area (TPSA) is 84.9 Å². The molecule has 2 aliphatic rings. The van der Waals surface area contributed by atoms with Gasteiger partial charge in [-0.1, -0.05) is 18.2 Å². The fourth-order valence-corrected chi connectivity index (χ4v) is 5.74. The molecule has 1 fully saturated rings. The number of hydrogen-bond acceptors (Lipinski definition) is 5. The number of carboxylic acid groups (broad SMARTS) is 1. The number of rotatable bonds is 10. The first kappa shape index (κ1) is 25.2. The predicted octanol–water partition coefficient (Wildman–Crippen LogP) is 5.47. The Hall–Kier alpha value is -3.45. The van der Waals surface area contributed by atoms with Gasteiger partial charge in [0, 0.05) is 35.4 Å². The van der Waals surface area contributed by atoms with Crippen LogP contribution in [0, 0.1) is 12.8 Å². The van der Waals surface area contributed by atoms with E-state index in [-0.39, 0.29) is 11.8 Å². The van der Waals surface area contributed by atoms with Crippen LogP contribution in [0.1, 0.15) is 41.0 Å². The Labute approximate surface area is 218 Å². The van der Waals surface area contributed by atoms with E-state index in [4.69, 9.17) is 14.6 Å². The number of hydrogen-bond donors (Lipinski definition) is 2. The Bertz CT molecular complexity index is 1430. The normalized spacial score (nSPS) is 19.1. The molecule has 0 bridgehead atoms. The number of nitrogens with one attached hydrogen (secondary N) is 1. The predicted molar refractivity (Wildman–Crippen MR) is 149 cm³/mol. The second-order valence-electron chi connectivity index (χ2n) is 10.2. The van der Waals surface area contributed by atoms with Crippen LogP contribution in [0.25, 0.3) is 11.1 Å². The Balaban J connectivity index is 1.25. The molecular formula is C30H33NO5S. The zero-order chi connectivity index (χ0) is 26.2. The summed E-state index contributed by atoms with van der Waals surface area (Å²) in [4.78, 5) is 11.1. The second-order valence-corrected chi connectivity index (χ2v) is 13.0. The van der Waals surface area contributed by atoms with Crippen molar-refractivity contribution in [2.75, 3.05) is 23.9 Å². The second kappa shape index (κ2) is 10.1. The van der Waals surface area contributed by atoms with Gasteiger partial charge in [-0.3, -0.25) is 9.00 Å². The van der Waals surface area contributed by atoms with Crippen LogP contribution < -0.4 is 14.8 Å². The van der Waals surface area contributed by atoms with Gasteiger partial charge in [-0.25, -0.2) is 0 Å². The third-order valence-corrected chi connectivity index (χ3v) is 8.17. The molecule has 1 unspecified atom stereocenters. The van der Waals surface area contributed by atoms with Crippen molar-refractivity contribution >= 4 is 27.0 Å². The zero-order valence-corrected chi connectivity index (χ0v) is 22.1. The van der Waals surface area contributed by atoms with Crippen LogP contribution in [0.15, 0.2) is 54.6 Å². The van der Waals surface area contributed by atoms with Gasteiger partial charge in [0.1, 0.15) is 18.1 Å². The zero-order valence-electron chi connectivity index (χ0n) is 21.3. The average Bonchev–Trinajstić information content (AvgIpc) is 3.66. The standard InChI is InChI=1S/C30H33NO5S/c1-19-13-24(35-11-4-12-37(2,3)34)15-22-18-36-28-10-5-20(14-27(28)29(19)22)17-31-23-8-6-21(7-9-23)25-16-26(25)30(32)33/h5-10,13-15,25-26,31H,2,4,11-12,16-18H2,1,3H3,(H,32,33)/t25-,26+,37?/m1/s1. The van der Waals surface area contributed by atoms with Gasteiger partial charge in [-0.05, 0) is 99.7 Å². The van der Waals surface area contributed by atoms with E-state index in [1.165, 1.54) is 5.56 Å². The summed E-state index contributed by atoms with van der Waals surface area (Å²) in [6.07, 6.45) is 3.11. The molecule has 1 saturated carbocycles. The highest BCUT2D eigenvalue weighted by molar-refractivity contribution is 7.99. The molecule has 0 spiro atoms. The number of aliphatic carboxylic acids is 1. The number of fused-ring (bicyclic) bond motifs is 3. The average molecular weight is 520 g/mol. The molecule has 1 aliphatic heterocycles. The van der Waals surface area contributed by atoms with Crippen LogP contribution in [0.4, 0.5) is 5.69 Å². The van der Waals surface area contributed by atoms with Crippen LogP contribution >= 0.6 is 0 Å². The van der Waals surface area contributed by atoms with E-state index in [0.29, 0.717) is 31.9 Å². The Kier molecular flexibility index (Phi) is 6.90. The molecule has 2 N–H and O–H groups in total. The lowest BCUT2D eigenvalue weighted by Gasteiger charge is -2.24. The summed E-state index contributed by atoms with van der Waals surface area (Å²) in [5.41, 5.74) is 7.73. The summed E-state index contributed by atoms with van der Waals surface area (Å²) >= 11 is 0. The molecule has 194 valence electrons. The molecule has 37 heavy (non-hydrogen) atoms. The lowest BCUT2D eigenvalue weighted by Crippen LogP contribution is -2.10. The van der Waals surface area contributed by atoms with Gasteiger partial charge >= 0.3 is 5.97 Å². The Morgan fingerprint density at radius 2 is 1.97 bits per heavy atom. The number of carboxylic acids is 1. The van der Waals surface area contributed by atoms with E-state index in [1.807, 2.05) is 36.4 Å². The quantitative estimate of drug-likeness (QED) is 0.273. The van der Waals surface area contributed by atoms with E-state index >= 15 is 0 Å². The summed E-state index contributed by atoms with van der Waals surface area (Å²) in [7, 11) is -1.99. The van der Waals surface area contributed by atoms with Crippen LogP contribution in [0.2, 0.25) is 0 Å². The highest BCUT2D eigenvalue weighted by Gasteiger charge is 2.44. The maximum atomic E-state index is 11.8. The number of ether oxygens (including phenoxy) is 2. The highest BCUT2D eigenvalue weighted by atomic mass is 32.2. The van der Waals surface area contributed by atoms with Crippen molar-refractivity contribution in [3.8, 4) is 22.6 Å². The molecule has 1 aliphatic carbocycles. The molecular weight excluding hydrogens is 486 g/mol. The minimum absolute atomic E-state index is 0.143. The lowest BCUT2D eigenvalue weighted by molar-refractivity contribution is -0.138. The minimum atomic E-state index is -1.99. The summed E-state index contributed by atoms with van der Waals surface area (Å²) in [5.74, 6) is 5.14. The fraction of sp³-hybridized carbons (Fsp3) is 0.333. The van der Waals surface area contributed by atoms with Gasteiger partial charge in [-0.2, -0.15) is 0 Å². The van der Waals surface area contributed by atoms with Crippen molar-refractivity contribution in [3.05, 3.63) is 76.9 Å². The van der Waals surface area contributed by atoms with E-state index < -0.39 is 15.5 Å². The van der Waals surface area contributed by atoms with Crippen molar-refractivity contribution in [3.63, 3.8) is 0 Å². The largest absolute Gasteiger partial charge is 0.494 e. The molecule has 5 rings (SSSR count). The Morgan fingerprint density at radius 3 is 2.68 bits per heavy atom. The highest BCUT2D eigenvalue weighted by Crippen LogP contribution is 2.47. The molecule has 3 atom stereocenters. The molecule has 3 aromatic carbocycles. The molecule has 0 saturated heterocycles. The van der Waals surface area contributed by atoms with Gasteiger partial charge in [0.05, 0.1) is 12.5 Å². The number of anilines is 1. The van der Waals surface area contributed by atoms with Crippen LogP contribution in [0.3, 0.4) is 0 Å². The molecule has 6 nitrogen and oxygen atoms in total. The van der Waals surface area contributed by atoms with E-state index in [0.717, 1.165) is 51.4 Å². The summed E-state index contributed by atoms with van der Waals surface area (Å²) < 4.78 is 23.8. The van der Waals surface area contributed by atoms with Crippen LogP contribution in [-0.4, -0.2) is 39.8 Å². The van der Waals surface area contributed by atoms with Crippen molar-refractivity contribution in [2.24, 2.45) is 5.92 Å². The Morgan fingerprint density at radius 1 is 1.19 bits per heavy atom. The monoisotopic (exact) mass is 519 g/mol. The maximum Gasteiger partial charge on any atom is 0.307 e. The van der Waals surface area contributed by atoms with Crippen LogP contribution in [-0.2, 0) is 27.5 Å². The lowest BCUT2D eigenvalue weighted by atomic mass is 9.91. The van der Waals surface area contributed by atoms with Gasteiger partial charge < -0.3 is 19.9 Å². The number of benzene rings is 3. The van der Waals surface area contributed by atoms with Gasteiger partial charge in [0.2, 0.25) is 0 Å². The third-order valence-electron chi connectivity index (χ3n) is 7.02. The van der Waals surface area contributed by atoms with Gasteiger partial charge in [0.25, 0.3) is 0 Å². The molecule has 0 radical (unpaired) electrons.